The van der Waals surface area contributed by atoms with E-state index in [4.69, 9.17) is 9.84 Å². The maximum atomic E-state index is 12.4. The fraction of sp³-hybridized carbons (Fsp3) is 0.250. The summed E-state index contributed by atoms with van der Waals surface area (Å²) in [6.07, 6.45) is 2.85. The summed E-state index contributed by atoms with van der Waals surface area (Å²) in [4.78, 5) is 24.8. The van der Waals surface area contributed by atoms with Gasteiger partial charge in [-0.15, -0.1) is 11.7 Å². The van der Waals surface area contributed by atoms with E-state index in [1.165, 1.54) is 10.9 Å². The lowest BCUT2D eigenvalue weighted by Gasteiger charge is -2.21. The zero-order valence-corrected chi connectivity index (χ0v) is 13.3. The molecule has 1 N–H and O–H groups in total. The van der Waals surface area contributed by atoms with Crippen molar-refractivity contribution in [2.24, 2.45) is 0 Å². The van der Waals surface area contributed by atoms with Crippen molar-refractivity contribution in [3.8, 4) is 5.75 Å². The molecule has 0 bridgehead atoms. The first-order chi connectivity index (χ1) is 11.5. The second-order valence-corrected chi connectivity index (χ2v) is 5.02. The highest BCUT2D eigenvalue weighted by atomic mass is 16.5. The molecule has 1 aromatic heterocycles. The van der Waals surface area contributed by atoms with Crippen LogP contribution in [0.4, 0.5) is 0 Å². The predicted octanol–water partition coefficient (Wildman–Crippen LogP) is 1.20. The number of hydrogen-bond acceptors (Lipinski definition) is 5. The molecule has 0 saturated carbocycles. The number of methoxy groups -OCH3 is 1. The molecular weight excluding hydrogens is 312 g/mol. The number of amides is 1. The number of benzene rings is 1. The van der Waals surface area contributed by atoms with E-state index in [1.807, 2.05) is 24.3 Å². The summed E-state index contributed by atoms with van der Waals surface area (Å²) in [6, 6.07) is 7.39. The number of carbonyl (C=O) groups excluding carboxylic acids is 1. The molecule has 0 unspecified atom stereocenters. The maximum Gasteiger partial charge on any atom is 0.358 e. The van der Waals surface area contributed by atoms with Crippen molar-refractivity contribution in [2.45, 2.75) is 13.1 Å². The molecule has 0 aliphatic heterocycles. The average molecular weight is 330 g/mol. The van der Waals surface area contributed by atoms with Gasteiger partial charge in [0.25, 0.3) is 0 Å². The summed E-state index contributed by atoms with van der Waals surface area (Å²) in [5.74, 6) is -0.661. The Hall–Kier alpha value is -3.16. The van der Waals surface area contributed by atoms with E-state index >= 15 is 0 Å². The third-order valence-corrected chi connectivity index (χ3v) is 3.29. The van der Waals surface area contributed by atoms with E-state index in [0.717, 1.165) is 11.3 Å². The molecule has 126 valence electrons. The highest BCUT2D eigenvalue weighted by molar-refractivity contribution is 5.84. The monoisotopic (exact) mass is 330 g/mol. The Bertz CT molecular complexity index is 724. The molecule has 1 heterocycles. The van der Waals surface area contributed by atoms with Gasteiger partial charge in [0.2, 0.25) is 5.91 Å². The molecule has 0 spiro atoms. The van der Waals surface area contributed by atoms with Crippen molar-refractivity contribution in [2.75, 3.05) is 13.7 Å². The topological polar surface area (TPSA) is 97.5 Å². The number of carbonyl (C=O) groups is 2. The lowest BCUT2D eigenvalue weighted by molar-refractivity contribution is -0.132. The molecule has 1 amide bonds. The largest absolute Gasteiger partial charge is 0.497 e. The summed E-state index contributed by atoms with van der Waals surface area (Å²) in [5, 5.41) is 16.0. The van der Waals surface area contributed by atoms with Crippen LogP contribution in [0.5, 0.6) is 5.75 Å². The van der Waals surface area contributed by atoms with Crippen LogP contribution >= 0.6 is 0 Å². The number of ether oxygens (including phenoxy) is 1. The summed E-state index contributed by atoms with van der Waals surface area (Å²) in [5.41, 5.74) is 0.740. The fourth-order valence-corrected chi connectivity index (χ4v) is 2.07. The van der Waals surface area contributed by atoms with Gasteiger partial charge in [-0.05, 0) is 17.7 Å². The summed E-state index contributed by atoms with van der Waals surface area (Å²) in [7, 11) is 1.59. The van der Waals surface area contributed by atoms with Gasteiger partial charge in [0.15, 0.2) is 5.69 Å². The first-order valence-electron chi connectivity index (χ1n) is 7.18. The van der Waals surface area contributed by atoms with Crippen molar-refractivity contribution in [3.63, 3.8) is 0 Å². The highest BCUT2D eigenvalue weighted by Gasteiger charge is 2.16. The Kier molecular flexibility index (Phi) is 5.67. The molecule has 0 saturated heterocycles. The van der Waals surface area contributed by atoms with Gasteiger partial charge in [-0.2, -0.15) is 0 Å². The number of nitrogens with zero attached hydrogens (tertiary/aromatic N) is 4. The maximum absolute atomic E-state index is 12.4. The Morgan fingerprint density at radius 2 is 2.08 bits per heavy atom. The normalized spacial score (nSPS) is 10.2. The van der Waals surface area contributed by atoms with Gasteiger partial charge in [0, 0.05) is 13.1 Å². The molecule has 0 atom stereocenters. The van der Waals surface area contributed by atoms with Gasteiger partial charge in [-0.1, -0.05) is 23.4 Å². The molecule has 0 radical (unpaired) electrons. The van der Waals surface area contributed by atoms with E-state index in [9.17, 15) is 9.59 Å². The van der Waals surface area contributed by atoms with Crippen molar-refractivity contribution in [1.82, 2.24) is 19.9 Å². The Morgan fingerprint density at radius 3 is 2.62 bits per heavy atom. The molecule has 1 aromatic carbocycles. The van der Waals surface area contributed by atoms with Gasteiger partial charge >= 0.3 is 5.97 Å². The van der Waals surface area contributed by atoms with Crippen molar-refractivity contribution in [3.05, 3.63) is 54.4 Å². The van der Waals surface area contributed by atoms with Crippen LogP contribution in [-0.4, -0.2) is 50.5 Å². The number of carboxylic acids is 1. The molecule has 8 heteroatoms. The van der Waals surface area contributed by atoms with E-state index in [0.29, 0.717) is 13.1 Å². The second-order valence-electron chi connectivity index (χ2n) is 5.02. The van der Waals surface area contributed by atoms with E-state index in [2.05, 4.69) is 16.9 Å². The van der Waals surface area contributed by atoms with Crippen LogP contribution in [-0.2, 0) is 17.9 Å². The third kappa shape index (κ3) is 4.42. The predicted molar refractivity (Wildman–Crippen MR) is 85.6 cm³/mol. The minimum absolute atomic E-state index is 0.0930. The number of aromatic nitrogens is 3. The van der Waals surface area contributed by atoms with Crippen LogP contribution < -0.4 is 4.74 Å². The van der Waals surface area contributed by atoms with Crippen LogP contribution in [0.25, 0.3) is 0 Å². The summed E-state index contributed by atoms with van der Waals surface area (Å²) in [6.45, 7) is 4.33. The Morgan fingerprint density at radius 1 is 1.38 bits per heavy atom. The molecule has 2 aromatic rings. The lowest BCUT2D eigenvalue weighted by atomic mass is 10.2. The molecule has 2 rings (SSSR count). The lowest BCUT2D eigenvalue weighted by Crippen LogP contribution is -2.33. The van der Waals surface area contributed by atoms with Crippen molar-refractivity contribution in [1.29, 1.82) is 0 Å². The van der Waals surface area contributed by atoms with Crippen molar-refractivity contribution >= 4 is 11.9 Å². The van der Waals surface area contributed by atoms with Gasteiger partial charge in [0.1, 0.15) is 12.3 Å². The molecule has 0 aliphatic carbocycles. The number of rotatable bonds is 8. The second kappa shape index (κ2) is 7.91. The highest BCUT2D eigenvalue weighted by Crippen LogP contribution is 2.13. The number of aromatic carboxylic acids is 1. The minimum Gasteiger partial charge on any atom is -0.497 e. The first-order valence-corrected chi connectivity index (χ1v) is 7.18. The van der Waals surface area contributed by atoms with E-state index in [-0.39, 0.29) is 18.1 Å². The van der Waals surface area contributed by atoms with Gasteiger partial charge in [0.05, 0.1) is 13.3 Å². The van der Waals surface area contributed by atoms with Gasteiger partial charge in [-0.25, -0.2) is 9.48 Å². The van der Waals surface area contributed by atoms with Crippen LogP contribution in [0, 0.1) is 0 Å². The van der Waals surface area contributed by atoms with Crippen LogP contribution in [0.3, 0.4) is 0 Å². The summed E-state index contributed by atoms with van der Waals surface area (Å²) >= 11 is 0. The third-order valence-electron chi connectivity index (χ3n) is 3.29. The van der Waals surface area contributed by atoms with Crippen LogP contribution in [0.1, 0.15) is 16.1 Å². The minimum atomic E-state index is -1.19. The summed E-state index contributed by atoms with van der Waals surface area (Å²) < 4.78 is 6.31. The fourth-order valence-electron chi connectivity index (χ4n) is 2.07. The SMILES string of the molecule is C=CCN(Cc1ccc(OC)cc1)C(=O)Cn1cc(C(=O)O)nn1. The Labute approximate surface area is 139 Å². The number of carboxylic acid groups (broad SMARTS) is 1. The van der Waals surface area contributed by atoms with Crippen molar-refractivity contribution < 1.29 is 19.4 Å². The first kappa shape index (κ1) is 17.2. The van der Waals surface area contributed by atoms with E-state index in [1.54, 1.807) is 18.1 Å². The average Bonchev–Trinajstić information content (AvgIpc) is 3.04. The van der Waals surface area contributed by atoms with Gasteiger partial charge < -0.3 is 14.7 Å². The smallest absolute Gasteiger partial charge is 0.358 e. The molecule has 24 heavy (non-hydrogen) atoms. The molecule has 8 nitrogen and oxygen atoms in total. The zero-order chi connectivity index (χ0) is 17.5. The number of hydrogen-bond donors (Lipinski definition) is 1. The zero-order valence-electron chi connectivity index (χ0n) is 13.3. The molecular formula is C16H18N4O4. The van der Waals surface area contributed by atoms with E-state index < -0.39 is 5.97 Å². The van der Waals surface area contributed by atoms with Crippen LogP contribution in [0.15, 0.2) is 43.1 Å². The van der Waals surface area contributed by atoms with Gasteiger partial charge in [-0.3, -0.25) is 4.79 Å². The molecule has 0 fully saturated rings. The standard InChI is InChI=1S/C16H18N4O4/c1-3-8-19(9-12-4-6-13(24-2)7-5-12)15(21)11-20-10-14(16(22)23)17-18-20/h3-7,10H,1,8-9,11H2,2H3,(H,22,23). The quantitative estimate of drug-likeness (QED) is 0.730. The molecule has 0 aliphatic rings. The Balaban J connectivity index is 2.05. The van der Waals surface area contributed by atoms with Crippen LogP contribution in [0.2, 0.25) is 0 Å².